The first-order valence-corrected chi connectivity index (χ1v) is 9.55. The van der Waals surface area contributed by atoms with Crippen LogP contribution >= 0.6 is 0 Å². The van der Waals surface area contributed by atoms with Gasteiger partial charge in [0, 0.05) is 18.9 Å². The van der Waals surface area contributed by atoms with Gasteiger partial charge in [-0.2, -0.15) is 0 Å². The van der Waals surface area contributed by atoms with Crippen molar-refractivity contribution in [3.63, 3.8) is 0 Å². The number of aromatic nitrogens is 1. The SMILES string of the molecule is CCCn1ccc(-c2ccccc2C2CC(C)(C)CC(C)(C)C2)c1. The predicted octanol–water partition coefficient (Wildman–Crippen LogP) is 6.89. The summed E-state index contributed by atoms with van der Waals surface area (Å²) in [6, 6.07) is 11.4. The molecule has 0 saturated heterocycles. The van der Waals surface area contributed by atoms with Crippen LogP contribution < -0.4 is 0 Å². The number of benzene rings is 1. The van der Waals surface area contributed by atoms with Crippen LogP contribution in [0.3, 0.4) is 0 Å². The van der Waals surface area contributed by atoms with E-state index in [1.165, 1.54) is 36.8 Å². The Morgan fingerprint density at radius 1 is 1.00 bits per heavy atom. The van der Waals surface area contributed by atoms with Gasteiger partial charge in [-0.15, -0.1) is 0 Å². The summed E-state index contributed by atoms with van der Waals surface area (Å²) in [6.07, 6.45) is 9.64. The third kappa shape index (κ3) is 3.77. The summed E-state index contributed by atoms with van der Waals surface area (Å²) in [5.74, 6) is 0.662. The van der Waals surface area contributed by atoms with Crippen molar-refractivity contribution < 1.29 is 0 Å². The zero-order valence-corrected chi connectivity index (χ0v) is 16.1. The number of aryl methyl sites for hydroxylation is 1. The summed E-state index contributed by atoms with van der Waals surface area (Å²) in [5.41, 5.74) is 5.21. The van der Waals surface area contributed by atoms with Crippen molar-refractivity contribution in [2.45, 2.75) is 72.8 Å². The minimum absolute atomic E-state index is 0.424. The minimum atomic E-state index is 0.424. The lowest BCUT2D eigenvalue weighted by Gasteiger charge is -2.45. The highest BCUT2D eigenvalue weighted by Gasteiger charge is 2.39. The van der Waals surface area contributed by atoms with Crippen LogP contribution in [0.15, 0.2) is 42.7 Å². The topological polar surface area (TPSA) is 4.93 Å². The fraction of sp³-hybridized carbons (Fsp3) is 0.565. The van der Waals surface area contributed by atoms with Gasteiger partial charge in [0.2, 0.25) is 0 Å². The normalized spacial score (nSPS) is 20.2. The predicted molar refractivity (Wildman–Crippen MR) is 104 cm³/mol. The molecule has 130 valence electrons. The number of rotatable bonds is 4. The van der Waals surface area contributed by atoms with Gasteiger partial charge in [-0.1, -0.05) is 58.9 Å². The number of hydrogen-bond acceptors (Lipinski definition) is 0. The van der Waals surface area contributed by atoms with Crippen LogP contribution in [0.4, 0.5) is 0 Å². The minimum Gasteiger partial charge on any atom is -0.354 e. The molecule has 0 atom stereocenters. The molecule has 1 heterocycles. The third-order valence-corrected chi connectivity index (χ3v) is 5.50. The third-order valence-electron chi connectivity index (χ3n) is 5.50. The van der Waals surface area contributed by atoms with Gasteiger partial charge in [0.1, 0.15) is 0 Å². The highest BCUT2D eigenvalue weighted by molar-refractivity contribution is 5.67. The van der Waals surface area contributed by atoms with Gasteiger partial charge in [0.15, 0.2) is 0 Å². The van der Waals surface area contributed by atoms with Crippen molar-refractivity contribution in [3.05, 3.63) is 48.3 Å². The molecule has 1 aromatic heterocycles. The Balaban J connectivity index is 1.96. The number of hydrogen-bond donors (Lipinski definition) is 0. The molecule has 1 heteroatoms. The molecule has 3 rings (SSSR count). The van der Waals surface area contributed by atoms with Gasteiger partial charge in [0.05, 0.1) is 0 Å². The summed E-state index contributed by atoms with van der Waals surface area (Å²) >= 11 is 0. The van der Waals surface area contributed by atoms with Crippen LogP contribution in [-0.2, 0) is 6.54 Å². The average Bonchev–Trinajstić information content (AvgIpc) is 2.93. The van der Waals surface area contributed by atoms with E-state index in [-0.39, 0.29) is 0 Å². The first-order valence-electron chi connectivity index (χ1n) is 9.55. The maximum atomic E-state index is 2.45. The molecule has 1 saturated carbocycles. The Morgan fingerprint density at radius 3 is 2.33 bits per heavy atom. The van der Waals surface area contributed by atoms with Gasteiger partial charge in [-0.25, -0.2) is 0 Å². The van der Waals surface area contributed by atoms with Crippen LogP contribution in [0.1, 0.15) is 71.8 Å². The standard InChI is InChI=1S/C23H33N/c1-6-12-24-13-11-18(16-24)20-9-7-8-10-21(20)19-14-22(2,3)17-23(4,5)15-19/h7-11,13,16,19H,6,12,14-15,17H2,1-5H3. The van der Waals surface area contributed by atoms with E-state index in [1.807, 2.05) is 0 Å². The van der Waals surface area contributed by atoms with Crippen LogP contribution in [0.25, 0.3) is 11.1 Å². The highest BCUT2D eigenvalue weighted by Crippen LogP contribution is 2.52. The van der Waals surface area contributed by atoms with Gasteiger partial charge < -0.3 is 4.57 Å². The van der Waals surface area contributed by atoms with Crippen molar-refractivity contribution in [1.82, 2.24) is 4.57 Å². The lowest BCUT2D eigenvalue weighted by Crippen LogP contribution is -2.33. The molecule has 1 aliphatic rings. The van der Waals surface area contributed by atoms with Gasteiger partial charge in [-0.05, 0) is 65.2 Å². The van der Waals surface area contributed by atoms with E-state index in [4.69, 9.17) is 0 Å². The zero-order chi connectivity index (χ0) is 17.4. The molecule has 1 fully saturated rings. The second-order valence-electron chi connectivity index (χ2n) is 9.34. The highest BCUT2D eigenvalue weighted by atomic mass is 14.9. The molecule has 1 aliphatic carbocycles. The molecule has 0 radical (unpaired) electrons. The Hall–Kier alpha value is -1.50. The summed E-state index contributed by atoms with van der Waals surface area (Å²) < 4.78 is 2.32. The van der Waals surface area contributed by atoms with Crippen molar-refractivity contribution in [2.75, 3.05) is 0 Å². The average molecular weight is 324 g/mol. The summed E-state index contributed by atoms with van der Waals surface area (Å²) in [6.45, 7) is 13.1. The zero-order valence-electron chi connectivity index (χ0n) is 16.1. The quantitative estimate of drug-likeness (QED) is 0.577. The van der Waals surface area contributed by atoms with E-state index in [2.05, 4.69) is 81.9 Å². The van der Waals surface area contributed by atoms with Crippen molar-refractivity contribution in [1.29, 1.82) is 0 Å². The molecule has 0 unspecified atom stereocenters. The second kappa shape index (κ2) is 6.43. The van der Waals surface area contributed by atoms with E-state index in [9.17, 15) is 0 Å². The summed E-state index contributed by atoms with van der Waals surface area (Å²) in [5, 5.41) is 0. The van der Waals surface area contributed by atoms with Crippen LogP contribution in [-0.4, -0.2) is 4.57 Å². The first-order chi connectivity index (χ1) is 11.3. The second-order valence-corrected chi connectivity index (χ2v) is 9.34. The van der Waals surface area contributed by atoms with Gasteiger partial charge >= 0.3 is 0 Å². The van der Waals surface area contributed by atoms with Crippen LogP contribution in [0, 0.1) is 10.8 Å². The Kier molecular flexibility index (Phi) is 4.64. The molecule has 0 N–H and O–H groups in total. The molecular formula is C23H33N. The monoisotopic (exact) mass is 323 g/mol. The lowest BCUT2D eigenvalue weighted by molar-refractivity contribution is 0.0971. The molecule has 0 amide bonds. The molecule has 1 nitrogen and oxygen atoms in total. The van der Waals surface area contributed by atoms with Crippen LogP contribution in [0.2, 0.25) is 0 Å². The van der Waals surface area contributed by atoms with E-state index >= 15 is 0 Å². The maximum Gasteiger partial charge on any atom is 0.0217 e. The molecule has 0 aliphatic heterocycles. The van der Waals surface area contributed by atoms with Crippen LogP contribution in [0.5, 0.6) is 0 Å². The van der Waals surface area contributed by atoms with E-state index in [1.54, 1.807) is 5.56 Å². The Morgan fingerprint density at radius 2 is 1.67 bits per heavy atom. The first kappa shape index (κ1) is 17.3. The Bertz CT molecular complexity index is 674. The molecule has 24 heavy (non-hydrogen) atoms. The van der Waals surface area contributed by atoms with Crippen molar-refractivity contribution >= 4 is 0 Å². The Labute approximate surface area is 148 Å². The number of nitrogens with zero attached hydrogens (tertiary/aromatic N) is 1. The maximum absolute atomic E-state index is 2.45. The summed E-state index contributed by atoms with van der Waals surface area (Å²) in [7, 11) is 0. The largest absolute Gasteiger partial charge is 0.354 e. The van der Waals surface area contributed by atoms with E-state index < -0.39 is 0 Å². The summed E-state index contributed by atoms with van der Waals surface area (Å²) in [4.78, 5) is 0. The smallest absolute Gasteiger partial charge is 0.0217 e. The fourth-order valence-corrected chi connectivity index (χ4v) is 5.18. The lowest BCUT2D eigenvalue weighted by atomic mass is 9.60. The van der Waals surface area contributed by atoms with Crippen molar-refractivity contribution in [2.24, 2.45) is 10.8 Å². The van der Waals surface area contributed by atoms with Gasteiger partial charge in [0.25, 0.3) is 0 Å². The molecule has 0 spiro atoms. The fourth-order valence-electron chi connectivity index (χ4n) is 5.18. The molecule has 1 aromatic carbocycles. The van der Waals surface area contributed by atoms with E-state index in [0.717, 1.165) is 6.54 Å². The van der Waals surface area contributed by atoms with Crippen molar-refractivity contribution in [3.8, 4) is 11.1 Å². The molecule has 0 bridgehead atoms. The van der Waals surface area contributed by atoms with Gasteiger partial charge in [-0.3, -0.25) is 0 Å². The molecular weight excluding hydrogens is 290 g/mol. The molecule has 2 aromatic rings. The van der Waals surface area contributed by atoms with E-state index in [0.29, 0.717) is 16.7 Å².